The Hall–Kier alpha value is -1.38. The summed E-state index contributed by atoms with van der Waals surface area (Å²) in [4.78, 5) is 0. The van der Waals surface area contributed by atoms with E-state index in [4.69, 9.17) is 4.74 Å². The number of hydrogen-bond donors (Lipinski definition) is 0. The first-order valence-corrected chi connectivity index (χ1v) is 9.37. The van der Waals surface area contributed by atoms with Gasteiger partial charge in [-0.05, 0) is 68.4 Å². The van der Waals surface area contributed by atoms with Gasteiger partial charge in [-0.25, -0.2) is 4.39 Å². The molecule has 2 rings (SSSR count). The molecule has 0 bridgehead atoms. The Kier molecular flexibility index (Phi) is 7.74. The van der Waals surface area contributed by atoms with Crippen LogP contribution in [0.3, 0.4) is 0 Å². The van der Waals surface area contributed by atoms with Crippen LogP contribution in [-0.4, -0.2) is 6.61 Å². The maximum atomic E-state index is 14.2. The maximum absolute atomic E-state index is 14.2. The molecule has 3 heteroatoms. The van der Waals surface area contributed by atoms with Crippen molar-refractivity contribution >= 4 is 0 Å². The van der Waals surface area contributed by atoms with Gasteiger partial charge in [-0.1, -0.05) is 31.9 Å². The zero-order valence-electron chi connectivity index (χ0n) is 14.8. The van der Waals surface area contributed by atoms with Crippen molar-refractivity contribution in [2.45, 2.75) is 64.7 Å². The van der Waals surface area contributed by atoms with Gasteiger partial charge in [-0.3, -0.25) is 0 Å². The van der Waals surface area contributed by atoms with Gasteiger partial charge in [0.2, 0.25) is 5.82 Å². The molecule has 0 N–H and O–H groups in total. The zero-order chi connectivity index (χ0) is 17.4. The molecule has 1 aliphatic rings. The molecule has 1 fully saturated rings. The SMILES string of the molecule is C=CC1CCC(CCc2ccc(OCCCCC)c(F)c2F)CC1. The zero-order valence-corrected chi connectivity index (χ0v) is 14.8. The lowest BCUT2D eigenvalue weighted by Crippen LogP contribution is -2.14. The van der Waals surface area contributed by atoms with Crippen LogP contribution < -0.4 is 4.74 Å². The van der Waals surface area contributed by atoms with E-state index >= 15 is 0 Å². The number of allylic oxidation sites excluding steroid dienone is 1. The van der Waals surface area contributed by atoms with Crippen LogP contribution in [0.4, 0.5) is 8.78 Å². The monoisotopic (exact) mass is 336 g/mol. The fourth-order valence-electron chi connectivity index (χ4n) is 3.48. The standard InChI is InChI=1S/C21H30F2O/c1-3-5-6-15-24-19-14-13-18(20(22)21(19)23)12-11-17-9-7-16(4-2)8-10-17/h4,13-14,16-17H,2-3,5-12,15H2,1H3. The van der Waals surface area contributed by atoms with E-state index in [0.29, 0.717) is 30.4 Å². The quantitative estimate of drug-likeness (QED) is 0.371. The summed E-state index contributed by atoms with van der Waals surface area (Å²) in [5.74, 6) is -0.269. The normalized spacial score (nSPS) is 20.8. The van der Waals surface area contributed by atoms with Gasteiger partial charge in [0.25, 0.3) is 0 Å². The molecule has 1 aromatic rings. The minimum Gasteiger partial charge on any atom is -0.490 e. The summed E-state index contributed by atoms with van der Waals surface area (Å²) in [5.41, 5.74) is 0.472. The molecule has 0 aliphatic heterocycles. The molecule has 1 aromatic carbocycles. The van der Waals surface area contributed by atoms with E-state index in [0.717, 1.165) is 25.7 Å². The van der Waals surface area contributed by atoms with Crippen LogP contribution >= 0.6 is 0 Å². The summed E-state index contributed by atoms with van der Waals surface area (Å²) in [6.45, 7) is 6.40. The topological polar surface area (TPSA) is 9.23 Å². The summed E-state index contributed by atoms with van der Waals surface area (Å²) in [7, 11) is 0. The molecule has 1 saturated carbocycles. The second-order valence-electron chi connectivity index (χ2n) is 6.96. The van der Waals surface area contributed by atoms with Gasteiger partial charge in [-0.15, -0.1) is 6.58 Å². The van der Waals surface area contributed by atoms with Gasteiger partial charge in [0, 0.05) is 0 Å². The van der Waals surface area contributed by atoms with Crippen molar-refractivity contribution < 1.29 is 13.5 Å². The molecule has 0 amide bonds. The predicted octanol–water partition coefficient (Wildman–Crippen LogP) is 6.46. The third-order valence-corrected chi connectivity index (χ3v) is 5.18. The lowest BCUT2D eigenvalue weighted by Gasteiger charge is -2.26. The average Bonchev–Trinajstić information content (AvgIpc) is 2.62. The van der Waals surface area contributed by atoms with E-state index in [1.54, 1.807) is 12.1 Å². The van der Waals surface area contributed by atoms with Crippen LogP contribution in [-0.2, 0) is 6.42 Å². The van der Waals surface area contributed by atoms with Gasteiger partial charge in [-0.2, -0.15) is 4.39 Å². The van der Waals surface area contributed by atoms with Crippen molar-refractivity contribution in [3.8, 4) is 5.75 Å². The van der Waals surface area contributed by atoms with Crippen molar-refractivity contribution in [2.75, 3.05) is 6.61 Å². The van der Waals surface area contributed by atoms with Crippen LogP contribution in [0.25, 0.3) is 0 Å². The molecule has 0 atom stereocenters. The van der Waals surface area contributed by atoms with Crippen LogP contribution in [0, 0.1) is 23.5 Å². The number of aryl methyl sites for hydroxylation is 1. The predicted molar refractivity (Wildman–Crippen MR) is 95.3 cm³/mol. The molecule has 0 heterocycles. The fourth-order valence-corrected chi connectivity index (χ4v) is 3.48. The van der Waals surface area contributed by atoms with E-state index in [1.165, 1.54) is 25.7 Å². The lowest BCUT2D eigenvalue weighted by molar-refractivity contribution is 0.283. The minimum absolute atomic E-state index is 0.0406. The summed E-state index contributed by atoms with van der Waals surface area (Å²) < 4.78 is 33.7. The summed E-state index contributed by atoms with van der Waals surface area (Å²) >= 11 is 0. The Balaban J connectivity index is 1.85. The van der Waals surface area contributed by atoms with Gasteiger partial charge < -0.3 is 4.74 Å². The lowest BCUT2D eigenvalue weighted by atomic mass is 9.79. The number of hydrogen-bond acceptors (Lipinski definition) is 1. The van der Waals surface area contributed by atoms with Gasteiger partial charge in [0.15, 0.2) is 11.6 Å². The fraction of sp³-hybridized carbons (Fsp3) is 0.619. The van der Waals surface area contributed by atoms with E-state index in [9.17, 15) is 8.78 Å². The second-order valence-corrected chi connectivity index (χ2v) is 6.96. The molecule has 1 nitrogen and oxygen atoms in total. The Morgan fingerprint density at radius 1 is 1.12 bits per heavy atom. The summed E-state index contributed by atoms with van der Waals surface area (Å²) in [5, 5.41) is 0. The molecule has 1 aliphatic carbocycles. The molecular formula is C21H30F2O. The first-order valence-electron chi connectivity index (χ1n) is 9.37. The number of unbranched alkanes of at least 4 members (excludes halogenated alkanes) is 2. The van der Waals surface area contributed by atoms with Gasteiger partial charge >= 0.3 is 0 Å². The molecule has 0 saturated heterocycles. The maximum Gasteiger partial charge on any atom is 0.200 e. The second kappa shape index (κ2) is 9.80. The van der Waals surface area contributed by atoms with Crippen LogP contribution in [0.5, 0.6) is 5.75 Å². The number of rotatable bonds is 9. The molecule has 0 radical (unpaired) electrons. The number of benzene rings is 1. The van der Waals surface area contributed by atoms with E-state index < -0.39 is 11.6 Å². The third-order valence-electron chi connectivity index (χ3n) is 5.18. The summed E-state index contributed by atoms with van der Waals surface area (Å²) in [6.07, 6.45) is 11.2. The molecule has 134 valence electrons. The summed E-state index contributed by atoms with van der Waals surface area (Å²) in [6, 6.07) is 3.26. The Labute approximate surface area is 145 Å². The minimum atomic E-state index is -0.834. The Bertz CT molecular complexity index is 519. The van der Waals surface area contributed by atoms with E-state index in [-0.39, 0.29) is 5.75 Å². The molecular weight excluding hydrogens is 306 g/mol. The molecule has 24 heavy (non-hydrogen) atoms. The van der Waals surface area contributed by atoms with Crippen molar-refractivity contribution in [1.82, 2.24) is 0 Å². The number of ether oxygens (including phenoxy) is 1. The highest BCUT2D eigenvalue weighted by Gasteiger charge is 2.20. The van der Waals surface area contributed by atoms with Gasteiger partial charge in [0.05, 0.1) is 6.61 Å². The highest BCUT2D eigenvalue weighted by atomic mass is 19.2. The van der Waals surface area contributed by atoms with Crippen molar-refractivity contribution in [2.24, 2.45) is 11.8 Å². The van der Waals surface area contributed by atoms with Crippen molar-refractivity contribution in [1.29, 1.82) is 0 Å². The van der Waals surface area contributed by atoms with E-state index in [2.05, 4.69) is 13.5 Å². The smallest absolute Gasteiger partial charge is 0.200 e. The largest absolute Gasteiger partial charge is 0.490 e. The Morgan fingerprint density at radius 2 is 1.88 bits per heavy atom. The molecule has 0 unspecified atom stereocenters. The van der Waals surface area contributed by atoms with E-state index in [1.807, 2.05) is 6.08 Å². The van der Waals surface area contributed by atoms with Gasteiger partial charge in [0.1, 0.15) is 0 Å². The number of halogens is 2. The van der Waals surface area contributed by atoms with Crippen molar-refractivity contribution in [3.05, 3.63) is 42.0 Å². The highest BCUT2D eigenvalue weighted by Crippen LogP contribution is 2.33. The average molecular weight is 336 g/mol. The third kappa shape index (κ3) is 5.32. The first-order chi connectivity index (χ1) is 11.7. The van der Waals surface area contributed by atoms with Crippen molar-refractivity contribution in [3.63, 3.8) is 0 Å². The van der Waals surface area contributed by atoms with Crippen LogP contribution in [0.1, 0.15) is 63.9 Å². The van der Waals surface area contributed by atoms with Crippen LogP contribution in [0.2, 0.25) is 0 Å². The molecule has 0 spiro atoms. The Morgan fingerprint density at radius 3 is 2.54 bits per heavy atom. The molecule has 0 aromatic heterocycles. The van der Waals surface area contributed by atoms with Crippen LogP contribution in [0.15, 0.2) is 24.8 Å². The first kappa shape index (κ1) is 19.0. The highest BCUT2D eigenvalue weighted by molar-refractivity contribution is 5.31.